The van der Waals surface area contributed by atoms with Crippen molar-refractivity contribution in [2.75, 3.05) is 55.6 Å². The number of urea groups is 1. The van der Waals surface area contributed by atoms with Crippen molar-refractivity contribution >= 4 is 29.3 Å². The zero-order valence-electron chi connectivity index (χ0n) is 27.1. The van der Waals surface area contributed by atoms with Crippen molar-refractivity contribution in [1.82, 2.24) is 29.7 Å². The maximum atomic E-state index is 13.8. The van der Waals surface area contributed by atoms with E-state index >= 15 is 0 Å². The van der Waals surface area contributed by atoms with Gasteiger partial charge in [-0.25, -0.2) is 14.8 Å². The Balaban J connectivity index is 1.18. The summed E-state index contributed by atoms with van der Waals surface area (Å²) < 4.78 is 43.3. The van der Waals surface area contributed by atoms with Gasteiger partial charge in [-0.05, 0) is 54.6 Å². The highest BCUT2D eigenvalue weighted by Crippen LogP contribution is 2.33. The zero-order valence-corrected chi connectivity index (χ0v) is 27.1. The highest BCUT2D eigenvalue weighted by atomic mass is 19.4. The second kappa shape index (κ2) is 14.0. The van der Waals surface area contributed by atoms with Crippen LogP contribution in [-0.2, 0) is 26.2 Å². The second-order valence-corrected chi connectivity index (χ2v) is 12.0. The Bertz CT molecular complexity index is 1950. The number of anilines is 3. The van der Waals surface area contributed by atoms with Gasteiger partial charge in [-0.15, -0.1) is 0 Å². The van der Waals surface area contributed by atoms with E-state index in [4.69, 9.17) is 5.73 Å². The summed E-state index contributed by atoms with van der Waals surface area (Å²) in [5.41, 5.74) is 9.63. The molecule has 4 aromatic rings. The number of rotatable bonds is 6. The van der Waals surface area contributed by atoms with Crippen LogP contribution in [0.1, 0.15) is 45.2 Å². The van der Waals surface area contributed by atoms with Crippen LogP contribution < -0.4 is 21.7 Å². The third kappa shape index (κ3) is 7.85. The van der Waals surface area contributed by atoms with Gasteiger partial charge in [0.05, 0.1) is 22.4 Å². The minimum atomic E-state index is -4.57. The van der Waals surface area contributed by atoms with E-state index in [-0.39, 0.29) is 17.5 Å². The zero-order chi connectivity index (χ0) is 34.7. The molecule has 254 valence electrons. The third-order valence-corrected chi connectivity index (χ3v) is 8.66. The summed E-state index contributed by atoms with van der Waals surface area (Å²) in [7, 11) is 1.86. The fraction of sp³-hybridized carbons (Fsp3) is 0.314. The molecule has 0 atom stereocenters. The maximum Gasteiger partial charge on any atom is 0.416 e. The van der Waals surface area contributed by atoms with Crippen LogP contribution in [0.5, 0.6) is 0 Å². The number of hydrogen-bond acceptors (Lipinski definition) is 7. The quantitative estimate of drug-likeness (QED) is 0.221. The van der Waals surface area contributed by atoms with Gasteiger partial charge in [0.1, 0.15) is 5.69 Å². The van der Waals surface area contributed by atoms with Crippen molar-refractivity contribution in [3.63, 3.8) is 0 Å². The van der Waals surface area contributed by atoms with Crippen molar-refractivity contribution in [2.45, 2.75) is 26.1 Å². The molecular weight excluding hydrogens is 635 g/mol. The average molecular weight is 672 g/mol. The number of nitrogens with zero attached hydrogens (tertiary/aromatic N) is 5. The number of amides is 3. The molecule has 2 aliphatic heterocycles. The molecule has 0 spiro atoms. The first-order valence-electron chi connectivity index (χ1n) is 15.9. The Morgan fingerprint density at radius 1 is 1.02 bits per heavy atom. The van der Waals surface area contributed by atoms with E-state index in [0.717, 1.165) is 50.6 Å². The summed E-state index contributed by atoms with van der Waals surface area (Å²) in [5.74, 6) is 6.04. The Morgan fingerprint density at radius 2 is 1.78 bits per heavy atom. The minimum absolute atomic E-state index is 0.0428. The van der Waals surface area contributed by atoms with E-state index in [1.54, 1.807) is 36.4 Å². The fourth-order valence-corrected chi connectivity index (χ4v) is 6.09. The van der Waals surface area contributed by atoms with Crippen LogP contribution in [0.4, 0.5) is 35.3 Å². The number of likely N-dealkylation sites (N-methyl/N-ethyl adjacent to an activating group) is 1. The first kappa shape index (κ1) is 33.5. The smallest absolute Gasteiger partial charge is 0.368 e. The molecule has 5 N–H and O–H groups in total. The third-order valence-electron chi connectivity index (χ3n) is 8.66. The maximum absolute atomic E-state index is 13.8. The van der Waals surface area contributed by atoms with Crippen molar-refractivity contribution in [3.05, 3.63) is 88.2 Å². The normalized spacial score (nSPS) is 15.2. The lowest BCUT2D eigenvalue weighted by molar-refractivity contribution is -0.137. The summed E-state index contributed by atoms with van der Waals surface area (Å²) in [5, 5.41) is 8.09. The van der Waals surface area contributed by atoms with Crippen LogP contribution in [0, 0.1) is 11.8 Å². The van der Waals surface area contributed by atoms with E-state index < -0.39 is 17.8 Å². The molecule has 3 amide bonds. The van der Waals surface area contributed by atoms with Crippen LogP contribution in [0.2, 0.25) is 0 Å². The SMILES string of the molecule is CCN1CCN(Cc2cc(NC(=O)Nc3cccc(C#Cc4cnc(N)nc4-c4cc5c(n4C)CCNC5=O)c3)cc(C(F)(F)F)c2)CC1. The Labute approximate surface area is 281 Å². The molecule has 2 aromatic heterocycles. The average Bonchev–Trinajstić information content (AvgIpc) is 3.41. The molecule has 2 aromatic carbocycles. The van der Waals surface area contributed by atoms with Gasteiger partial charge in [0.25, 0.3) is 5.91 Å². The molecule has 4 heterocycles. The number of nitrogens with one attached hydrogen (secondary N) is 3. The number of hydrogen-bond donors (Lipinski definition) is 4. The summed E-state index contributed by atoms with van der Waals surface area (Å²) in [6.45, 7) is 7.14. The Morgan fingerprint density at radius 3 is 2.51 bits per heavy atom. The number of piperazine rings is 1. The topological polar surface area (TPSA) is 133 Å². The van der Waals surface area contributed by atoms with Crippen molar-refractivity contribution in [1.29, 1.82) is 0 Å². The van der Waals surface area contributed by atoms with Gasteiger partial charge in [0.2, 0.25) is 5.95 Å². The van der Waals surface area contributed by atoms with Gasteiger partial charge in [0.15, 0.2) is 0 Å². The molecule has 1 saturated heterocycles. The van der Waals surface area contributed by atoms with Crippen LogP contribution in [0.25, 0.3) is 11.4 Å². The lowest BCUT2D eigenvalue weighted by Gasteiger charge is -2.34. The van der Waals surface area contributed by atoms with Crippen LogP contribution >= 0.6 is 0 Å². The highest BCUT2D eigenvalue weighted by molar-refractivity contribution is 6.00. The number of benzene rings is 2. The van der Waals surface area contributed by atoms with Crippen molar-refractivity contribution in [3.8, 4) is 23.2 Å². The molecule has 49 heavy (non-hydrogen) atoms. The van der Waals surface area contributed by atoms with Crippen molar-refractivity contribution < 1.29 is 22.8 Å². The molecule has 2 aliphatic rings. The first-order valence-corrected chi connectivity index (χ1v) is 15.9. The molecule has 1 fully saturated rings. The van der Waals surface area contributed by atoms with Crippen LogP contribution in [0.15, 0.2) is 54.7 Å². The Kier molecular flexibility index (Phi) is 9.57. The molecular formula is C35H36F3N9O2. The van der Waals surface area contributed by atoms with Gasteiger partial charge >= 0.3 is 12.2 Å². The lowest BCUT2D eigenvalue weighted by Crippen LogP contribution is -2.45. The minimum Gasteiger partial charge on any atom is -0.368 e. The molecule has 0 radical (unpaired) electrons. The molecule has 11 nitrogen and oxygen atoms in total. The Hall–Kier alpha value is -5.39. The monoisotopic (exact) mass is 671 g/mol. The largest absolute Gasteiger partial charge is 0.416 e. The van der Waals surface area contributed by atoms with E-state index in [2.05, 4.69) is 54.5 Å². The number of carbonyl (C=O) groups excluding carboxylic acids is 2. The molecule has 14 heteroatoms. The van der Waals surface area contributed by atoms with Gasteiger partial charge in [0, 0.05) is 81.6 Å². The number of carbonyl (C=O) groups is 2. The summed E-state index contributed by atoms with van der Waals surface area (Å²) in [4.78, 5) is 38.3. The van der Waals surface area contributed by atoms with Crippen LogP contribution in [-0.4, -0.2) is 75.5 Å². The number of alkyl halides is 3. The van der Waals surface area contributed by atoms with E-state index in [1.165, 1.54) is 6.20 Å². The predicted octanol–water partition coefficient (Wildman–Crippen LogP) is 4.55. The molecule has 0 aliphatic carbocycles. The van der Waals surface area contributed by atoms with E-state index in [0.29, 0.717) is 58.8 Å². The molecule has 0 bridgehead atoms. The van der Waals surface area contributed by atoms with Crippen molar-refractivity contribution in [2.24, 2.45) is 7.05 Å². The summed E-state index contributed by atoms with van der Waals surface area (Å²) >= 11 is 0. The van der Waals surface area contributed by atoms with E-state index in [1.807, 2.05) is 11.6 Å². The summed E-state index contributed by atoms with van der Waals surface area (Å²) in [6.07, 6.45) is -2.38. The molecule has 6 rings (SSSR count). The molecule has 0 unspecified atom stereocenters. The number of nitrogens with two attached hydrogens (primary N) is 1. The van der Waals surface area contributed by atoms with Gasteiger partial charge in [-0.3, -0.25) is 9.69 Å². The van der Waals surface area contributed by atoms with E-state index in [9.17, 15) is 22.8 Å². The molecule has 0 saturated carbocycles. The standard InChI is InChI=1S/C35H36F3N9O2/c1-3-46-11-13-47(14-12-46)21-23-15-25(35(36,37)38)18-27(17-23)43-34(49)42-26-6-4-5-22(16-26)7-8-24-20-41-33(39)44-31(24)30-19-28-29(45(30)2)9-10-40-32(28)48/h4-6,15-20H,3,9-14,21H2,1-2H3,(H,40,48)(H2,39,41,44)(H2,42,43,49). The van der Waals surface area contributed by atoms with Gasteiger partial charge in [-0.2, -0.15) is 13.2 Å². The highest BCUT2D eigenvalue weighted by Gasteiger charge is 2.32. The number of fused-ring (bicyclic) bond motifs is 1. The van der Waals surface area contributed by atoms with Gasteiger partial charge < -0.3 is 31.2 Å². The second-order valence-electron chi connectivity index (χ2n) is 12.0. The number of halogens is 3. The fourth-order valence-electron chi connectivity index (χ4n) is 6.09. The predicted molar refractivity (Wildman–Crippen MR) is 181 cm³/mol. The summed E-state index contributed by atoms with van der Waals surface area (Å²) in [6, 6.07) is 11.5. The van der Waals surface area contributed by atoms with Gasteiger partial charge in [-0.1, -0.05) is 24.8 Å². The number of aromatic nitrogens is 3. The first-order chi connectivity index (χ1) is 23.5. The number of nitrogen functional groups attached to an aromatic ring is 1. The van der Waals surface area contributed by atoms with Crippen LogP contribution in [0.3, 0.4) is 0 Å². The lowest BCUT2D eigenvalue weighted by atomic mass is 10.1.